The van der Waals surface area contributed by atoms with Gasteiger partial charge >= 0.3 is 0 Å². The Morgan fingerprint density at radius 3 is 2.00 bits per heavy atom. The fraction of sp³-hybridized carbons (Fsp3) is 0.867. The number of unbranched alkanes of at least 4 members (excludes halogenated alkanes) is 1. The largest absolute Gasteiger partial charge is 0.378 e. The fourth-order valence-electron chi connectivity index (χ4n) is 2.29. The van der Waals surface area contributed by atoms with Gasteiger partial charge in [0.1, 0.15) is 0 Å². The van der Waals surface area contributed by atoms with E-state index in [9.17, 15) is 4.21 Å². The molecule has 1 unspecified atom stereocenters. The van der Waals surface area contributed by atoms with Gasteiger partial charge in [0.25, 0.3) is 0 Å². The quantitative estimate of drug-likeness (QED) is 0.477. The van der Waals surface area contributed by atoms with Crippen molar-refractivity contribution in [2.45, 2.75) is 12.8 Å². The van der Waals surface area contributed by atoms with Crippen molar-refractivity contribution in [2.24, 2.45) is 5.73 Å². The van der Waals surface area contributed by atoms with Crippen LogP contribution in [-0.2, 0) is 20.3 Å². The van der Waals surface area contributed by atoms with Crippen LogP contribution in [0.1, 0.15) is 12.8 Å². The molecule has 2 aliphatic heterocycles. The molecule has 0 aromatic rings. The second kappa shape index (κ2) is 13.6. The lowest BCUT2D eigenvalue weighted by Crippen LogP contribution is -2.46. The first-order chi connectivity index (χ1) is 12.0. The van der Waals surface area contributed by atoms with Crippen LogP contribution in [0, 0.1) is 0 Å². The van der Waals surface area contributed by atoms with Gasteiger partial charge in [-0.1, -0.05) is 0 Å². The highest BCUT2D eigenvalue weighted by Gasteiger charge is 2.12. The van der Waals surface area contributed by atoms with Crippen molar-refractivity contribution < 1.29 is 13.7 Å². The fourth-order valence-corrected chi connectivity index (χ4v) is 3.37. The molecule has 2 rings (SSSR count). The molecule has 10 heteroatoms. The van der Waals surface area contributed by atoms with E-state index in [1.54, 1.807) is 6.26 Å². The summed E-state index contributed by atoms with van der Waals surface area (Å²) in [6.07, 6.45) is 3.75. The van der Waals surface area contributed by atoms with Crippen molar-refractivity contribution in [1.82, 2.24) is 15.1 Å². The molecule has 1 atom stereocenters. The summed E-state index contributed by atoms with van der Waals surface area (Å²) in [5.74, 6) is 0.784. The van der Waals surface area contributed by atoms with Gasteiger partial charge in [-0.2, -0.15) is 0 Å². The van der Waals surface area contributed by atoms with Crippen molar-refractivity contribution in [3.63, 3.8) is 0 Å². The maximum absolute atomic E-state index is 10.8. The Kier molecular flexibility index (Phi) is 12.3. The molecule has 2 fully saturated rings. The second-order valence-electron chi connectivity index (χ2n) is 5.75. The molecule has 0 spiro atoms. The normalized spacial score (nSPS) is 18.8. The Morgan fingerprint density at radius 1 is 1.04 bits per heavy atom. The molecule has 3 N–H and O–H groups in total. The van der Waals surface area contributed by atoms with Crippen molar-refractivity contribution >= 4 is 45.5 Å². The molecule has 0 amide bonds. The van der Waals surface area contributed by atoms with E-state index in [1.165, 1.54) is 0 Å². The molecule has 0 saturated carbocycles. The molecular formula is C15H30N4O3S3. The molecule has 0 radical (unpaired) electrons. The first-order valence-electron chi connectivity index (χ1n) is 8.53. The molecule has 2 heterocycles. The summed E-state index contributed by atoms with van der Waals surface area (Å²) in [6.45, 7) is 7.33. The number of nitrogens with zero attached hydrogens (tertiary/aromatic N) is 2. The SMILES string of the molecule is CS(=O)CCCCNC(=S)N1CCOCC1.NC(=S)N1CCOCC1. The predicted octanol–water partition coefficient (Wildman–Crippen LogP) is -0.0860. The van der Waals surface area contributed by atoms with Crippen LogP contribution in [0.5, 0.6) is 0 Å². The zero-order chi connectivity index (χ0) is 18.5. The van der Waals surface area contributed by atoms with Crippen molar-refractivity contribution in [1.29, 1.82) is 0 Å². The standard InChI is InChI=1S/C10H20N2O2S2.C5H10N2OS/c1-16(13)9-3-2-4-11-10(15)12-5-7-14-8-6-12;6-5(9)7-1-3-8-4-2-7/h2-9H2,1H3,(H,11,15);1-4H2,(H2,6,9). The summed E-state index contributed by atoms with van der Waals surface area (Å²) in [5.41, 5.74) is 5.37. The molecular weight excluding hydrogens is 380 g/mol. The molecule has 2 saturated heterocycles. The van der Waals surface area contributed by atoms with Crippen molar-refractivity contribution in [3.05, 3.63) is 0 Å². The average Bonchev–Trinajstić information content (AvgIpc) is 2.63. The van der Waals surface area contributed by atoms with E-state index < -0.39 is 10.8 Å². The Hall–Kier alpha value is -0.550. The average molecular weight is 411 g/mol. The zero-order valence-electron chi connectivity index (χ0n) is 14.9. The molecule has 25 heavy (non-hydrogen) atoms. The highest BCUT2D eigenvalue weighted by Crippen LogP contribution is 1.98. The number of rotatable bonds is 5. The van der Waals surface area contributed by atoms with Crippen molar-refractivity contribution in [2.75, 3.05) is 71.2 Å². The van der Waals surface area contributed by atoms with Crippen LogP contribution in [0.4, 0.5) is 0 Å². The van der Waals surface area contributed by atoms with Crippen molar-refractivity contribution in [3.8, 4) is 0 Å². The third kappa shape index (κ3) is 10.9. The van der Waals surface area contributed by atoms with Crippen LogP contribution >= 0.6 is 24.4 Å². The number of ether oxygens (including phenoxy) is 2. The van der Waals surface area contributed by atoms with Crippen LogP contribution in [-0.4, -0.2) is 95.4 Å². The zero-order valence-corrected chi connectivity index (χ0v) is 17.4. The Bertz CT molecular complexity index is 428. The molecule has 2 aliphatic rings. The molecule has 0 aliphatic carbocycles. The van der Waals surface area contributed by atoms with Gasteiger partial charge in [0.2, 0.25) is 0 Å². The summed E-state index contributed by atoms with van der Waals surface area (Å²) in [7, 11) is -0.672. The third-order valence-corrected chi connectivity index (χ3v) is 5.28. The first kappa shape index (κ1) is 22.5. The summed E-state index contributed by atoms with van der Waals surface area (Å²) in [5, 5.41) is 4.53. The number of hydrogen-bond acceptors (Lipinski definition) is 5. The van der Waals surface area contributed by atoms with E-state index in [1.807, 2.05) is 4.90 Å². The third-order valence-electron chi connectivity index (χ3n) is 3.76. The van der Waals surface area contributed by atoms with Crippen LogP contribution < -0.4 is 11.1 Å². The van der Waals surface area contributed by atoms with Crippen LogP contribution in [0.3, 0.4) is 0 Å². The Balaban J connectivity index is 0.000000293. The topological polar surface area (TPSA) is 80.1 Å². The van der Waals surface area contributed by atoms with Gasteiger partial charge in [0, 0.05) is 55.5 Å². The van der Waals surface area contributed by atoms with E-state index in [-0.39, 0.29) is 0 Å². The van der Waals surface area contributed by atoms with Crippen LogP contribution in [0.25, 0.3) is 0 Å². The highest BCUT2D eigenvalue weighted by atomic mass is 32.2. The lowest BCUT2D eigenvalue weighted by Gasteiger charge is -2.29. The van der Waals surface area contributed by atoms with E-state index in [0.717, 1.165) is 82.9 Å². The number of morpholine rings is 2. The molecule has 0 bridgehead atoms. The molecule has 0 aromatic carbocycles. The molecule has 146 valence electrons. The predicted molar refractivity (Wildman–Crippen MR) is 110 cm³/mol. The van der Waals surface area contributed by atoms with Gasteiger partial charge in [-0.15, -0.1) is 0 Å². The maximum Gasteiger partial charge on any atom is 0.169 e. The monoisotopic (exact) mass is 410 g/mol. The minimum atomic E-state index is -0.672. The van der Waals surface area contributed by atoms with E-state index in [0.29, 0.717) is 5.11 Å². The number of nitrogens with one attached hydrogen (secondary N) is 1. The summed E-state index contributed by atoms with van der Waals surface area (Å²) in [4.78, 5) is 4.08. The van der Waals surface area contributed by atoms with Gasteiger partial charge in [0.05, 0.1) is 26.4 Å². The smallest absolute Gasteiger partial charge is 0.169 e. The van der Waals surface area contributed by atoms with Gasteiger partial charge in [-0.05, 0) is 37.3 Å². The molecule has 7 nitrogen and oxygen atoms in total. The minimum absolute atomic E-state index is 0.485. The lowest BCUT2D eigenvalue weighted by molar-refractivity contribution is 0.0677. The number of nitrogens with two attached hydrogens (primary N) is 1. The van der Waals surface area contributed by atoms with Gasteiger partial charge in [-0.3, -0.25) is 4.21 Å². The van der Waals surface area contributed by atoms with E-state index >= 15 is 0 Å². The number of thiocarbonyl (C=S) groups is 2. The van der Waals surface area contributed by atoms with E-state index in [4.69, 9.17) is 39.6 Å². The lowest BCUT2D eigenvalue weighted by atomic mass is 10.3. The summed E-state index contributed by atoms with van der Waals surface area (Å²) < 4.78 is 21.2. The Labute approximate surface area is 164 Å². The summed E-state index contributed by atoms with van der Waals surface area (Å²) >= 11 is 10.0. The minimum Gasteiger partial charge on any atom is -0.378 e. The van der Waals surface area contributed by atoms with Gasteiger partial charge < -0.3 is 30.3 Å². The van der Waals surface area contributed by atoms with Gasteiger partial charge in [0.15, 0.2) is 10.2 Å². The maximum atomic E-state index is 10.8. The van der Waals surface area contributed by atoms with Gasteiger partial charge in [-0.25, -0.2) is 0 Å². The Morgan fingerprint density at radius 2 is 1.56 bits per heavy atom. The molecule has 0 aromatic heterocycles. The first-order valence-corrected chi connectivity index (χ1v) is 11.1. The van der Waals surface area contributed by atoms with E-state index in [2.05, 4.69) is 10.2 Å². The highest BCUT2D eigenvalue weighted by molar-refractivity contribution is 7.84. The summed E-state index contributed by atoms with van der Waals surface area (Å²) in [6, 6.07) is 0. The second-order valence-corrected chi connectivity index (χ2v) is 8.11. The van der Waals surface area contributed by atoms with Crippen LogP contribution in [0.15, 0.2) is 0 Å². The van der Waals surface area contributed by atoms with Crippen LogP contribution in [0.2, 0.25) is 0 Å². The number of hydrogen-bond donors (Lipinski definition) is 2.